The van der Waals surface area contributed by atoms with Crippen LogP contribution in [-0.4, -0.2) is 73.5 Å². The molecule has 0 saturated carbocycles. The van der Waals surface area contributed by atoms with Crippen LogP contribution < -0.4 is 27.0 Å². The fourth-order valence-corrected chi connectivity index (χ4v) is 3.32. The lowest BCUT2D eigenvalue weighted by Crippen LogP contribution is -2.48. The summed E-state index contributed by atoms with van der Waals surface area (Å²) in [4.78, 5) is 64.9. The molecular formula is C22H25N9O6. The Kier molecular flexibility index (Phi) is 8.29. The van der Waals surface area contributed by atoms with Gasteiger partial charge < -0.3 is 37.2 Å². The van der Waals surface area contributed by atoms with Crippen molar-refractivity contribution in [2.24, 2.45) is 0 Å². The van der Waals surface area contributed by atoms with Gasteiger partial charge in [-0.25, -0.2) is 9.97 Å². The molecule has 3 rings (SSSR count). The van der Waals surface area contributed by atoms with E-state index in [-0.39, 0.29) is 29.4 Å². The second kappa shape index (κ2) is 11.6. The second-order valence-electron chi connectivity index (χ2n) is 7.97. The van der Waals surface area contributed by atoms with E-state index in [9.17, 15) is 19.2 Å². The van der Waals surface area contributed by atoms with Crippen molar-refractivity contribution in [1.82, 2.24) is 30.6 Å². The van der Waals surface area contributed by atoms with E-state index >= 15 is 0 Å². The molecule has 0 fully saturated rings. The minimum absolute atomic E-state index is 0.00221. The molecule has 1 atom stereocenters. The van der Waals surface area contributed by atoms with E-state index in [2.05, 4.69) is 30.6 Å². The minimum atomic E-state index is -1.27. The highest BCUT2D eigenvalue weighted by Crippen LogP contribution is 2.19. The fraction of sp³-hybridized carbons (Fsp3) is 0.273. The molecule has 0 aliphatic carbocycles. The number of aliphatic carboxylic acids is 2. The number of carboxylic acids is 2. The molecule has 37 heavy (non-hydrogen) atoms. The summed E-state index contributed by atoms with van der Waals surface area (Å²) in [6, 6.07) is 5.20. The molecule has 0 radical (unpaired) electrons. The van der Waals surface area contributed by atoms with Gasteiger partial charge in [0.05, 0.1) is 18.4 Å². The van der Waals surface area contributed by atoms with Crippen LogP contribution in [-0.2, 0) is 20.9 Å². The molecule has 0 aliphatic rings. The summed E-state index contributed by atoms with van der Waals surface area (Å²) in [6.07, 6.45) is 0.944. The molecule has 194 valence electrons. The number of hydrogen-bond donors (Lipinski definition) is 6. The largest absolute Gasteiger partial charge is 0.481 e. The van der Waals surface area contributed by atoms with Gasteiger partial charge in [0.15, 0.2) is 17.0 Å². The summed E-state index contributed by atoms with van der Waals surface area (Å²) >= 11 is 0. The van der Waals surface area contributed by atoms with Crippen LogP contribution in [0.2, 0.25) is 0 Å². The number of nitrogens with zero attached hydrogens (tertiary/aromatic N) is 5. The van der Waals surface area contributed by atoms with Crippen LogP contribution in [0.1, 0.15) is 28.9 Å². The summed E-state index contributed by atoms with van der Waals surface area (Å²) in [5.74, 6) is -3.72. The number of hydrogen-bond acceptors (Lipinski definition) is 11. The zero-order chi connectivity index (χ0) is 27.1. The summed E-state index contributed by atoms with van der Waals surface area (Å²) in [7, 11) is 1.80. The average Bonchev–Trinajstić information content (AvgIpc) is 2.85. The molecule has 8 N–H and O–H groups in total. The third kappa shape index (κ3) is 7.20. The van der Waals surface area contributed by atoms with Crippen molar-refractivity contribution in [3.63, 3.8) is 0 Å². The predicted molar refractivity (Wildman–Crippen MR) is 131 cm³/mol. The Morgan fingerprint density at radius 2 is 1.73 bits per heavy atom. The monoisotopic (exact) mass is 511 g/mol. The number of rotatable bonds is 11. The van der Waals surface area contributed by atoms with Gasteiger partial charge in [-0.1, -0.05) is 0 Å². The molecule has 0 unspecified atom stereocenters. The van der Waals surface area contributed by atoms with Crippen molar-refractivity contribution in [1.29, 1.82) is 0 Å². The molecular weight excluding hydrogens is 486 g/mol. The summed E-state index contributed by atoms with van der Waals surface area (Å²) in [5, 5.41) is 22.2. The van der Waals surface area contributed by atoms with E-state index in [0.717, 1.165) is 5.69 Å². The van der Waals surface area contributed by atoms with Gasteiger partial charge in [0.2, 0.25) is 11.9 Å². The Morgan fingerprint density at radius 3 is 2.38 bits per heavy atom. The van der Waals surface area contributed by atoms with E-state index in [1.54, 1.807) is 25.4 Å². The molecule has 1 aromatic carbocycles. The second-order valence-corrected chi connectivity index (χ2v) is 7.97. The topological polar surface area (TPSA) is 240 Å². The Hall–Kier alpha value is -5.08. The van der Waals surface area contributed by atoms with E-state index in [4.69, 9.17) is 21.7 Å². The first-order valence-electron chi connectivity index (χ1n) is 10.9. The molecule has 0 spiro atoms. The zero-order valence-electron chi connectivity index (χ0n) is 19.7. The number of fused-ring (bicyclic) bond motifs is 1. The first-order chi connectivity index (χ1) is 17.5. The number of carboxylic acid groups (broad SMARTS) is 2. The molecule has 15 nitrogen and oxygen atoms in total. The van der Waals surface area contributed by atoms with Gasteiger partial charge in [-0.15, -0.1) is 0 Å². The Morgan fingerprint density at radius 1 is 1.03 bits per heavy atom. The summed E-state index contributed by atoms with van der Waals surface area (Å²) in [6.45, 7) is -0.312. The van der Waals surface area contributed by atoms with Crippen molar-refractivity contribution >= 4 is 52.4 Å². The van der Waals surface area contributed by atoms with Crippen molar-refractivity contribution in [3.05, 3.63) is 41.7 Å². The number of carbonyl (C=O) groups is 4. The van der Waals surface area contributed by atoms with E-state index in [1.807, 2.05) is 4.90 Å². The first-order valence-corrected chi connectivity index (χ1v) is 10.9. The van der Waals surface area contributed by atoms with Gasteiger partial charge >= 0.3 is 11.9 Å². The number of carbonyl (C=O) groups excluding carboxylic acids is 2. The highest BCUT2D eigenvalue weighted by atomic mass is 16.4. The highest BCUT2D eigenvalue weighted by Gasteiger charge is 2.23. The van der Waals surface area contributed by atoms with Crippen molar-refractivity contribution in [3.8, 4) is 0 Å². The van der Waals surface area contributed by atoms with Crippen LogP contribution in [0.4, 0.5) is 17.5 Å². The van der Waals surface area contributed by atoms with Crippen LogP contribution >= 0.6 is 0 Å². The Balaban J connectivity index is 1.67. The number of anilines is 3. The maximum absolute atomic E-state index is 12.7. The van der Waals surface area contributed by atoms with Crippen molar-refractivity contribution < 1.29 is 29.4 Å². The normalized spacial score (nSPS) is 11.5. The maximum atomic E-state index is 12.7. The zero-order valence-corrected chi connectivity index (χ0v) is 19.7. The van der Waals surface area contributed by atoms with Crippen LogP contribution in [0.15, 0.2) is 30.5 Å². The Labute approximate surface area is 209 Å². The third-order valence-corrected chi connectivity index (χ3v) is 5.15. The lowest BCUT2D eigenvalue weighted by Gasteiger charge is -2.20. The lowest BCUT2D eigenvalue weighted by molar-refractivity contribution is -0.139. The molecule has 3 aromatic rings. The number of aromatic nitrogens is 4. The van der Waals surface area contributed by atoms with Crippen LogP contribution in [0, 0.1) is 0 Å². The molecule has 2 amide bonds. The lowest BCUT2D eigenvalue weighted by atomic mass is 10.1. The summed E-state index contributed by atoms with van der Waals surface area (Å²) in [5.41, 5.74) is 13.6. The van der Waals surface area contributed by atoms with Crippen LogP contribution in [0.3, 0.4) is 0 Å². The van der Waals surface area contributed by atoms with Gasteiger partial charge in [0.1, 0.15) is 12.6 Å². The van der Waals surface area contributed by atoms with Gasteiger partial charge in [-0.2, -0.15) is 9.97 Å². The van der Waals surface area contributed by atoms with Gasteiger partial charge in [0.25, 0.3) is 5.91 Å². The minimum Gasteiger partial charge on any atom is -0.481 e. The van der Waals surface area contributed by atoms with Gasteiger partial charge in [0, 0.05) is 24.7 Å². The molecule has 2 heterocycles. The molecule has 15 heteroatoms. The number of amides is 2. The highest BCUT2D eigenvalue weighted by molar-refractivity contribution is 5.98. The third-order valence-electron chi connectivity index (χ3n) is 5.15. The predicted octanol–water partition coefficient (Wildman–Crippen LogP) is -0.615. The van der Waals surface area contributed by atoms with Crippen LogP contribution in [0.25, 0.3) is 11.2 Å². The van der Waals surface area contributed by atoms with Crippen molar-refractivity contribution in [2.45, 2.75) is 25.4 Å². The number of benzene rings is 1. The fourth-order valence-electron chi connectivity index (χ4n) is 3.32. The standard InChI is InChI=1S/C22H25N9O6/c1-31(10-12-8-25-19-17(27-12)18(23)29-22(24)30-19)13-4-2-11(3-5-13)20(36)28-14(6-7-15(32)33)21(37)26-9-16(34)35/h2-5,8,14H,6-7,9-10H2,1H3,(H,26,37)(H,28,36)(H,32,33)(H,34,35)(H4,23,24,25,29,30)/t14-/m0/s1. The van der Waals surface area contributed by atoms with Crippen molar-refractivity contribution in [2.75, 3.05) is 30.0 Å². The number of nitrogens with one attached hydrogen (secondary N) is 2. The SMILES string of the molecule is CN(Cc1cnc2nc(N)nc(N)c2n1)c1ccc(C(=O)N[C@@H](CCC(=O)O)C(=O)NCC(=O)O)cc1. The number of nitrogen functional groups attached to an aromatic ring is 2. The average molecular weight is 511 g/mol. The molecule has 0 aliphatic heterocycles. The van der Waals surface area contributed by atoms with E-state index < -0.39 is 42.8 Å². The Bertz CT molecular complexity index is 1330. The molecule has 0 saturated heterocycles. The van der Waals surface area contributed by atoms with Gasteiger partial charge in [-0.05, 0) is 30.7 Å². The first kappa shape index (κ1) is 26.5. The smallest absolute Gasteiger partial charge is 0.322 e. The van der Waals surface area contributed by atoms with E-state index in [0.29, 0.717) is 17.8 Å². The molecule has 2 aromatic heterocycles. The summed E-state index contributed by atoms with van der Waals surface area (Å²) < 4.78 is 0. The van der Waals surface area contributed by atoms with Crippen LogP contribution in [0.5, 0.6) is 0 Å². The number of nitrogens with two attached hydrogens (primary N) is 2. The quantitative estimate of drug-likeness (QED) is 0.188. The molecule has 0 bridgehead atoms. The maximum Gasteiger partial charge on any atom is 0.322 e. The van der Waals surface area contributed by atoms with Gasteiger partial charge in [-0.3, -0.25) is 19.2 Å². The van der Waals surface area contributed by atoms with E-state index in [1.165, 1.54) is 12.1 Å².